The van der Waals surface area contributed by atoms with E-state index >= 15 is 0 Å². The molecule has 4 rings (SSSR count). The third-order valence-corrected chi connectivity index (χ3v) is 7.04. The molecule has 0 fully saturated rings. The molecule has 43 heavy (non-hydrogen) atoms. The molecular formula is C32H32N4O7. The van der Waals surface area contributed by atoms with Crippen LogP contribution in [-0.4, -0.2) is 66.7 Å². The Morgan fingerprint density at radius 3 is 2.26 bits per heavy atom. The second-order valence-electron chi connectivity index (χ2n) is 10.4. The van der Waals surface area contributed by atoms with Gasteiger partial charge in [0.1, 0.15) is 30.4 Å². The quantitative estimate of drug-likeness (QED) is 0.329. The third kappa shape index (κ3) is 7.37. The molecule has 3 aromatic carbocycles. The first-order chi connectivity index (χ1) is 20.6. The molecule has 222 valence electrons. The summed E-state index contributed by atoms with van der Waals surface area (Å²) >= 11 is 0. The standard InChI is InChI=1S/C32H32N4O7/c1-20(38)14-15-30(41)35-17-26(34-31(42)25-11-7-9-22-8-3-4-10-24(22)25)32(43)36(28-13-6-5-12-27(28)35)18-29(40)33-23(19-37)16-21(2)39/h3-13,19,23,26H,14-18H2,1-2H3,(H,33,40)(H,34,42)/t23-,26-/m0/s1. The van der Waals surface area contributed by atoms with Crippen molar-refractivity contribution >= 4 is 63.6 Å². The van der Waals surface area contributed by atoms with Crippen LogP contribution < -0.4 is 20.4 Å². The summed E-state index contributed by atoms with van der Waals surface area (Å²) in [4.78, 5) is 91.2. The number of benzene rings is 3. The van der Waals surface area contributed by atoms with Gasteiger partial charge in [0.15, 0.2) is 0 Å². The van der Waals surface area contributed by atoms with Crippen molar-refractivity contribution in [2.24, 2.45) is 0 Å². The van der Waals surface area contributed by atoms with Gasteiger partial charge < -0.3 is 25.1 Å². The zero-order valence-electron chi connectivity index (χ0n) is 23.9. The Hall–Kier alpha value is -5.19. The van der Waals surface area contributed by atoms with E-state index in [1.54, 1.807) is 48.5 Å². The first-order valence-electron chi connectivity index (χ1n) is 13.8. The van der Waals surface area contributed by atoms with Crippen LogP contribution in [0.3, 0.4) is 0 Å². The number of para-hydroxylation sites is 2. The van der Waals surface area contributed by atoms with Gasteiger partial charge in [-0.2, -0.15) is 0 Å². The Labute approximate surface area is 248 Å². The molecule has 2 atom stereocenters. The lowest BCUT2D eigenvalue weighted by atomic mass is 10.0. The normalized spacial score (nSPS) is 15.2. The largest absolute Gasteiger partial charge is 0.345 e. The Morgan fingerprint density at radius 2 is 1.56 bits per heavy atom. The van der Waals surface area contributed by atoms with Crippen molar-refractivity contribution in [3.63, 3.8) is 0 Å². The smallest absolute Gasteiger partial charge is 0.252 e. The highest BCUT2D eigenvalue weighted by Gasteiger charge is 2.38. The lowest BCUT2D eigenvalue weighted by molar-refractivity contribution is -0.127. The summed E-state index contributed by atoms with van der Waals surface area (Å²) in [7, 11) is 0. The summed E-state index contributed by atoms with van der Waals surface area (Å²) in [6, 6.07) is 16.6. The molecule has 1 aliphatic rings. The predicted molar refractivity (Wildman–Crippen MR) is 160 cm³/mol. The fraction of sp³-hybridized carbons (Fsp3) is 0.281. The first kappa shape index (κ1) is 30.8. The van der Waals surface area contributed by atoms with Crippen LogP contribution in [0.25, 0.3) is 10.8 Å². The highest BCUT2D eigenvalue weighted by molar-refractivity contribution is 6.13. The second-order valence-corrected chi connectivity index (χ2v) is 10.4. The number of aldehydes is 1. The average molecular weight is 585 g/mol. The SMILES string of the molecule is CC(=O)CCC(=O)N1C[C@H](NC(=O)c2cccc3ccccc23)C(=O)N(CC(=O)N[C@H](C=O)CC(C)=O)c2ccccc21. The monoisotopic (exact) mass is 584 g/mol. The molecule has 0 aromatic heterocycles. The van der Waals surface area contributed by atoms with Gasteiger partial charge in [-0.05, 0) is 42.8 Å². The van der Waals surface area contributed by atoms with Crippen LogP contribution in [0.5, 0.6) is 0 Å². The number of anilines is 2. The number of Topliss-reactive ketones (excluding diaryl/α,β-unsaturated/α-hetero) is 2. The van der Waals surface area contributed by atoms with E-state index in [2.05, 4.69) is 10.6 Å². The number of ketones is 2. The highest BCUT2D eigenvalue weighted by atomic mass is 16.2. The fourth-order valence-corrected chi connectivity index (χ4v) is 5.01. The van der Waals surface area contributed by atoms with Crippen molar-refractivity contribution in [3.05, 3.63) is 72.3 Å². The molecular weight excluding hydrogens is 552 g/mol. The first-order valence-corrected chi connectivity index (χ1v) is 13.8. The van der Waals surface area contributed by atoms with Gasteiger partial charge in [0, 0.05) is 24.8 Å². The Kier molecular flexibility index (Phi) is 9.76. The van der Waals surface area contributed by atoms with Crippen molar-refractivity contribution in [1.82, 2.24) is 10.6 Å². The summed E-state index contributed by atoms with van der Waals surface area (Å²) < 4.78 is 0. The summed E-state index contributed by atoms with van der Waals surface area (Å²) in [5.41, 5.74) is 0.870. The Morgan fingerprint density at radius 1 is 0.884 bits per heavy atom. The van der Waals surface area contributed by atoms with Crippen LogP contribution in [0.2, 0.25) is 0 Å². The van der Waals surface area contributed by atoms with Crippen LogP contribution in [0.4, 0.5) is 11.4 Å². The van der Waals surface area contributed by atoms with Gasteiger partial charge in [-0.25, -0.2) is 0 Å². The van der Waals surface area contributed by atoms with Crippen LogP contribution >= 0.6 is 0 Å². The molecule has 0 aliphatic carbocycles. The zero-order chi connectivity index (χ0) is 31.1. The highest BCUT2D eigenvalue weighted by Crippen LogP contribution is 2.33. The molecule has 0 spiro atoms. The molecule has 0 saturated carbocycles. The van der Waals surface area contributed by atoms with Crippen molar-refractivity contribution in [2.75, 3.05) is 22.9 Å². The fourth-order valence-electron chi connectivity index (χ4n) is 5.01. The van der Waals surface area contributed by atoms with E-state index in [1.807, 2.05) is 18.2 Å². The summed E-state index contributed by atoms with van der Waals surface area (Å²) in [6.45, 7) is 1.87. The van der Waals surface area contributed by atoms with E-state index in [-0.39, 0.29) is 43.1 Å². The van der Waals surface area contributed by atoms with Gasteiger partial charge in [0.2, 0.25) is 11.8 Å². The lowest BCUT2D eigenvalue weighted by Gasteiger charge is -2.25. The van der Waals surface area contributed by atoms with Gasteiger partial charge >= 0.3 is 0 Å². The Balaban J connectivity index is 1.71. The second kappa shape index (κ2) is 13.6. The minimum atomic E-state index is -1.27. The predicted octanol–water partition coefficient (Wildman–Crippen LogP) is 2.35. The molecule has 0 unspecified atom stereocenters. The zero-order valence-corrected chi connectivity index (χ0v) is 23.9. The van der Waals surface area contributed by atoms with Crippen LogP contribution in [0.1, 0.15) is 43.5 Å². The maximum absolute atomic E-state index is 14.1. The number of carbonyl (C=O) groups excluding carboxylic acids is 7. The number of rotatable bonds is 11. The summed E-state index contributed by atoms with van der Waals surface area (Å²) in [5.74, 6) is -2.84. The maximum Gasteiger partial charge on any atom is 0.252 e. The average Bonchev–Trinajstić information content (AvgIpc) is 3.09. The molecule has 1 heterocycles. The van der Waals surface area contributed by atoms with Gasteiger partial charge in [-0.1, -0.05) is 48.5 Å². The number of hydrogen-bond donors (Lipinski definition) is 2. The molecule has 0 bridgehead atoms. The van der Waals surface area contributed by atoms with Crippen molar-refractivity contribution in [2.45, 2.75) is 45.2 Å². The van der Waals surface area contributed by atoms with E-state index in [9.17, 15) is 33.6 Å². The third-order valence-electron chi connectivity index (χ3n) is 7.04. The van der Waals surface area contributed by atoms with Crippen molar-refractivity contribution < 1.29 is 33.6 Å². The van der Waals surface area contributed by atoms with E-state index in [4.69, 9.17) is 0 Å². The molecule has 11 nitrogen and oxygen atoms in total. The maximum atomic E-state index is 14.1. The summed E-state index contributed by atoms with van der Waals surface area (Å²) in [6.07, 6.45) is 0.115. The molecule has 0 radical (unpaired) electrons. The molecule has 0 saturated heterocycles. The molecule has 3 aromatic rings. The lowest BCUT2D eigenvalue weighted by Crippen LogP contribution is -2.54. The number of hydrogen-bond acceptors (Lipinski definition) is 7. The van der Waals surface area contributed by atoms with Crippen LogP contribution in [0.15, 0.2) is 66.7 Å². The van der Waals surface area contributed by atoms with Gasteiger partial charge in [0.05, 0.1) is 24.0 Å². The van der Waals surface area contributed by atoms with E-state index < -0.39 is 42.3 Å². The number of carbonyl (C=O) groups is 7. The van der Waals surface area contributed by atoms with Gasteiger partial charge in [-0.15, -0.1) is 0 Å². The van der Waals surface area contributed by atoms with Gasteiger partial charge in [-0.3, -0.25) is 28.9 Å². The number of nitrogens with one attached hydrogen (secondary N) is 2. The Bertz CT molecular complexity index is 1600. The molecule has 4 amide bonds. The van der Waals surface area contributed by atoms with E-state index in [1.165, 1.54) is 18.7 Å². The number of nitrogens with zero attached hydrogens (tertiary/aromatic N) is 2. The topological polar surface area (TPSA) is 150 Å². The van der Waals surface area contributed by atoms with E-state index in [0.717, 1.165) is 10.3 Å². The van der Waals surface area contributed by atoms with E-state index in [0.29, 0.717) is 22.9 Å². The van der Waals surface area contributed by atoms with Crippen molar-refractivity contribution in [3.8, 4) is 0 Å². The number of fused-ring (bicyclic) bond motifs is 2. The molecule has 1 aliphatic heterocycles. The molecule has 2 N–H and O–H groups in total. The number of amides is 4. The minimum absolute atomic E-state index is 0.00612. The van der Waals surface area contributed by atoms with Crippen molar-refractivity contribution in [1.29, 1.82) is 0 Å². The van der Waals surface area contributed by atoms with Gasteiger partial charge in [0.25, 0.3) is 11.8 Å². The van der Waals surface area contributed by atoms with Crippen LogP contribution in [-0.2, 0) is 28.8 Å². The van der Waals surface area contributed by atoms with Crippen LogP contribution in [0, 0.1) is 0 Å². The summed E-state index contributed by atoms with van der Waals surface area (Å²) in [5, 5.41) is 6.71. The molecule has 11 heteroatoms. The minimum Gasteiger partial charge on any atom is -0.345 e.